The molecule has 1 unspecified atom stereocenters. The third-order valence-electron chi connectivity index (χ3n) is 4.18. The molecule has 4 nitrogen and oxygen atoms in total. The number of hydrogen-bond acceptors (Lipinski definition) is 3. The summed E-state index contributed by atoms with van der Waals surface area (Å²) in [7, 11) is 2.17. The Morgan fingerprint density at radius 1 is 1.44 bits per heavy atom. The molecular weight excluding hydrogens is 226 g/mol. The average Bonchev–Trinajstić information content (AvgIpc) is 2.28. The summed E-state index contributed by atoms with van der Waals surface area (Å²) in [6.45, 7) is 8.12. The van der Waals surface area contributed by atoms with E-state index in [1.165, 1.54) is 25.7 Å². The van der Waals surface area contributed by atoms with Crippen LogP contribution in [0.3, 0.4) is 0 Å². The van der Waals surface area contributed by atoms with E-state index in [-0.39, 0.29) is 11.9 Å². The average molecular weight is 255 g/mol. The lowest BCUT2D eigenvalue weighted by Crippen LogP contribution is -2.39. The lowest BCUT2D eigenvalue weighted by molar-refractivity contribution is 0.0623. The highest BCUT2D eigenvalue weighted by molar-refractivity contribution is 5.81. The molecule has 1 saturated carbocycles. The SMILES string of the molecule is CC(OCCN(C)C1CCC(C)(C)CC1)C(=N)N. The lowest BCUT2D eigenvalue weighted by atomic mass is 9.75. The van der Waals surface area contributed by atoms with E-state index < -0.39 is 0 Å². The Morgan fingerprint density at radius 3 is 2.50 bits per heavy atom. The summed E-state index contributed by atoms with van der Waals surface area (Å²) in [5, 5.41) is 7.26. The predicted octanol–water partition coefficient (Wildman–Crippen LogP) is 2.23. The number of amidine groups is 1. The summed E-state index contributed by atoms with van der Waals surface area (Å²) in [5.41, 5.74) is 5.89. The van der Waals surface area contributed by atoms with Gasteiger partial charge >= 0.3 is 0 Å². The van der Waals surface area contributed by atoms with Crippen LogP contribution in [0.25, 0.3) is 0 Å². The van der Waals surface area contributed by atoms with Gasteiger partial charge in [0.1, 0.15) is 11.9 Å². The Bertz CT molecular complexity index is 268. The second-order valence-corrected chi connectivity index (χ2v) is 6.34. The molecule has 0 radical (unpaired) electrons. The van der Waals surface area contributed by atoms with Crippen LogP contribution in [0, 0.1) is 10.8 Å². The topological polar surface area (TPSA) is 62.3 Å². The normalized spacial score (nSPS) is 22.1. The van der Waals surface area contributed by atoms with Crippen molar-refractivity contribution >= 4 is 5.84 Å². The largest absolute Gasteiger partial charge is 0.385 e. The molecule has 0 aromatic heterocycles. The first kappa shape index (κ1) is 15.4. The monoisotopic (exact) mass is 255 g/mol. The molecule has 0 saturated heterocycles. The maximum Gasteiger partial charge on any atom is 0.120 e. The van der Waals surface area contributed by atoms with E-state index in [1.807, 2.05) is 6.92 Å². The van der Waals surface area contributed by atoms with Crippen molar-refractivity contribution in [1.82, 2.24) is 4.90 Å². The molecule has 0 bridgehead atoms. The molecule has 0 amide bonds. The Hall–Kier alpha value is -0.610. The Kier molecular flexibility index (Phi) is 5.60. The number of rotatable bonds is 6. The minimum absolute atomic E-state index is 0.108. The summed E-state index contributed by atoms with van der Waals surface area (Å²) in [6.07, 6.45) is 4.93. The first-order valence-electron chi connectivity index (χ1n) is 6.97. The van der Waals surface area contributed by atoms with Gasteiger partial charge in [-0.1, -0.05) is 13.8 Å². The van der Waals surface area contributed by atoms with Gasteiger partial charge in [-0.2, -0.15) is 0 Å². The minimum atomic E-state index is -0.260. The van der Waals surface area contributed by atoms with Crippen molar-refractivity contribution in [2.24, 2.45) is 11.1 Å². The van der Waals surface area contributed by atoms with Gasteiger partial charge in [0.25, 0.3) is 0 Å². The van der Waals surface area contributed by atoms with Crippen LogP contribution in [0.5, 0.6) is 0 Å². The molecule has 1 rings (SSSR count). The van der Waals surface area contributed by atoms with Crippen molar-refractivity contribution in [3.63, 3.8) is 0 Å². The molecule has 0 heterocycles. The van der Waals surface area contributed by atoms with Crippen molar-refractivity contribution in [2.75, 3.05) is 20.2 Å². The minimum Gasteiger partial charge on any atom is -0.385 e. The molecule has 106 valence electrons. The predicted molar refractivity (Wildman–Crippen MR) is 76.0 cm³/mol. The fraction of sp³-hybridized carbons (Fsp3) is 0.929. The van der Waals surface area contributed by atoms with E-state index >= 15 is 0 Å². The smallest absolute Gasteiger partial charge is 0.120 e. The zero-order chi connectivity index (χ0) is 13.8. The highest BCUT2D eigenvalue weighted by Crippen LogP contribution is 2.36. The molecule has 18 heavy (non-hydrogen) atoms. The van der Waals surface area contributed by atoms with E-state index in [1.54, 1.807) is 0 Å². The number of ether oxygens (including phenoxy) is 1. The molecule has 1 aliphatic rings. The molecule has 1 aliphatic carbocycles. The van der Waals surface area contributed by atoms with Crippen LogP contribution >= 0.6 is 0 Å². The quantitative estimate of drug-likeness (QED) is 0.565. The van der Waals surface area contributed by atoms with Crippen molar-refractivity contribution in [1.29, 1.82) is 5.41 Å². The van der Waals surface area contributed by atoms with E-state index in [0.717, 1.165) is 6.54 Å². The second kappa shape index (κ2) is 6.53. The van der Waals surface area contributed by atoms with Gasteiger partial charge in [0.2, 0.25) is 0 Å². The third-order valence-corrected chi connectivity index (χ3v) is 4.18. The first-order valence-corrected chi connectivity index (χ1v) is 6.97. The molecule has 3 N–H and O–H groups in total. The van der Waals surface area contributed by atoms with E-state index in [4.69, 9.17) is 15.9 Å². The third kappa shape index (κ3) is 4.94. The number of hydrogen-bond donors (Lipinski definition) is 2. The van der Waals surface area contributed by atoms with Crippen molar-refractivity contribution in [3.8, 4) is 0 Å². The van der Waals surface area contributed by atoms with Crippen molar-refractivity contribution in [3.05, 3.63) is 0 Å². The first-order chi connectivity index (χ1) is 8.32. The van der Waals surface area contributed by atoms with Crippen LogP contribution in [0.1, 0.15) is 46.5 Å². The van der Waals surface area contributed by atoms with Crippen LogP contribution in [0.2, 0.25) is 0 Å². The molecular formula is C14H29N3O. The maximum absolute atomic E-state index is 7.26. The van der Waals surface area contributed by atoms with Gasteiger partial charge in [-0.15, -0.1) is 0 Å². The number of nitrogens with one attached hydrogen (secondary N) is 1. The maximum atomic E-state index is 7.26. The van der Waals surface area contributed by atoms with Crippen LogP contribution in [-0.2, 0) is 4.74 Å². The van der Waals surface area contributed by atoms with Crippen LogP contribution in [-0.4, -0.2) is 43.1 Å². The van der Waals surface area contributed by atoms with Crippen LogP contribution in [0.4, 0.5) is 0 Å². The van der Waals surface area contributed by atoms with Crippen molar-refractivity contribution in [2.45, 2.75) is 58.6 Å². The molecule has 1 atom stereocenters. The zero-order valence-electron chi connectivity index (χ0n) is 12.3. The molecule has 0 aromatic rings. The highest BCUT2D eigenvalue weighted by atomic mass is 16.5. The van der Waals surface area contributed by atoms with Crippen LogP contribution in [0.15, 0.2) is 0 Å². The lowest BCUT2D eigenvalue weighted by Gasteiger charge is -2.38. The fourth-order valence-electron chi connectivity index (χ4n) is 2.47. The summed E-state index contributed by atoms with van der Waals surface area (Å²) >= 11 is 0. The Labute approximate surface area is 111 Å². The van der Waals surface area contributed by atoms with Gasteiger partial charge in [-0.25, -0.2) is 0 Å². The van der Waals surface area contributed by atoms with Gasteiger partial charge < -0.3 is 15.4 Å². The standard InChI is InChI=1S/C14H29N3O/c1-11(13(15)16)18-10-9-17(4)12-5-7-14(2,3)8-6-12/h11-12H,5-10H2,1-4H3,(H3,15,16). The van der Waals surface area contributed by atoms with Crippen LogP contribution < -0.4 is 5.73 Å². The van der Waals surface area contributed by atoms with Gasteiger partial charge in [-0.05, 0) is 45.1 Å². The van der Waals surface area contributed by atoms with Crippen molar-refractivity contribution < 1.29 is 4.74 Å². The fourth-order valence-corrected chi connectivity index (χ4v) is 2.47. The van der Waals surface area contributed by atoms with Gasteiger partial charge in [0, 0.05) is 12.6 Å². The summed E-state index contributed by atoms with van der Waals surface area (Å²) in [6, 6.07) is 0.689. The van der Waals surface area contributed by atoms with Gasteiger partial charge in [0.15, 0.2) is 0 Å². The molecule has 0 aromatic carbocycles. The molecule has 4 heteroatoms. The zero-order valence-corrected chi connectivity index (χ0v) is 12.3. The second-order valence-electron chi connectivity index (χ2n) is 6.34. The highest BCUT2D eigenvalue weighted by Gasteiger charge is 2.28. The molecule has 0 spiro atoms. The summed E-state index contributed by atoms with van der Waals surface area (Å²) in [4.78, 5) is 2.39. The Morgan fingerprint density at radius 2 is 2.00 bits per heavy atom. The van der Waals surface area contributed by atoms with E-state index in [0.29, 0.717) is 18.1 Å². The summed E-state index contributed by atoms with van der Waals surface area (Å²) in [5.74, 6) is 0.108. The number of likely N-dealkylation sites (N-methyl/N-ethyl adjacent to an activating group) is 1. The Balaban J connectivity index is 2.21. The van der Waals surface area contributed by atoms with Gasteiger partial charge in [0.05, 0.1) is 6.61 Å². The number of nitrogens with two attached hydrogens (primary N) is 1. The van der Waals surface area contributed by atoms with E-state index in [2.05, 4.69) is 25.8 Å². The van der Waals surface area contributed by atoms with E-state index in [9.17, 15) is 0 Å². The summed E-state index contributed by atoms with van der Waals surface area (Å²) < 4.78 is 5.51. The molecule has 0 aliphatic heterocycles. The number of nitrogens with zero attached hydrogens (tertiary/aromatic N) is 1. The molecule has 1 fully saturated rings. The van der Waals surface area contributed by atoms with Gasteiger partial charge in [-0.3, -0.25) is 5.41 Å².